The Labute approximate surface area is 187 Å². The molecule has 30 heavy (non-hydrogen) atoms. The van der Waals surface area contributed by atoms with Gasteiger partial charge in [-0.15, -0.1) is 0 Å². The van der Waals surface area contributed by atoms with Crippen molar-refractivity contribution < 1.29 is 19.4 Å². The van der Waals surface area contributed by atoms with E-state index >= 15 is 0 Å². The number of phenols is 1. The second-order valence-corrected chi connectivity index (χ2v) is 7.93. The van der Waals surface area contributed by atoms with Gasteiger partial charge in [-0.05, 0) is 69.2 Å². The smallest absolute Gasteiger partial charge is 0.193 e. The first-order valence-corrected chi connectivity index (χ1v) is 10.0. The molecule has 158 valence electrons. The van der Waals surface area contributed by atoms with Crippen molar-refractivity contribution >= 4 is 35.1 Å². The standard InChI is InChI=1S/C24H24Cl2O4/c1-15(2)9-10-29-23-13-19(30-14-16(3)4)12-22(28)24(23)21(27)8-6-17-5-7-18(25)11-20(17)26/h5-9,11-14,28H,10H2,1-4H3/b8-6+. The monoisotopic (exact) mass is 446 g/mol. The van der Waals surface area contributed by atoms with Crippen molar-refractivity contribution in [2.75, 3.05) is 6.61 Å². The SMILES string of the molecule is CC(C)=CCOc1cc(OC=C(C)C)cc(O)c1C(=O)/C=C/c1ccc(Cl)cc1Cl. The Morgan fingerprint density at radius 2 is 1.80 bits per heavy atom. The summed E-state index contributed by atoms with van der Waals surface area (Å²) in [5.41, 5.74) is 2.69. The maximum absolute atomic E-state index is 12.8. The number of phenolic OH excluding ortho intramolecular Hbond substituents is 1. The van der Waals surface area contributed by atoms with Gasteiger partial charge in [0, 0.05) is 22.2 Å². The fourth-order valence-electron chi connectivity index (χ4n) is 2.38. The van der Waals surface area contributed by atoms with Gasteiger partial charge in [0.05, 0.1) is 6.26 Å². The van der Waals surface area contributed by atoms with Crippen LogP contribution in [0.1, 0.15) is 43.6 Å². The molecule has 0 heterocycles. The van der Waals surface area contributed by atoms with Crippen LogP contribution in [0, 0.1) is 0 Å². The van der Waals surface area contributed by atoms with Gasteiger partial charge in [0.25, 0.3) is 0 Å². The van der Waals surface area contributed by atoms with Crippen LogP contribution in [0.5, 0.6) is 17.2 Å². The van der Waals surface area contributed by atoms with Crippen molar-refractivity contribution in [2.45, 2.75) is 27.7 Å². The highest BCUT2D eigenvalue weighted by atomic mass is 35.5. The number of hydrogen-bond acceptors (Lipinski definition) is 4. The normalized spacial score (nSPS) is 10.6. The fourth-order valence-corrected chi connectivity index (χ4v) is 2.85. The van der Waals surface area contributed by atoms with Crippen LogP contribution < -0.4 is 9.47 Å². The van der Waals surface area contributed by atoms with Gasteiger partial charge in [-0.25, -0.2) is 0 Å². The highest BCUT2D eigenvalue weighted by Gasteiger charge is 2.18. The third kappa shape index (κ3) is 6.97. The number of benzene rings is 2. The minimum Gasteiger partial charge on any atom is -0.507 e. The number of halogens is 2. The van der Waals surface area contributed by atoms with Gasteiger partial charge in [0.2, 0.25) is 0 Å². The molecule has 0 aliphatic carbocycles. The molecule has 2 rings (SSSR count). The zero-order valence-corrected chi connectivity index (χ0v) is 18.8. The maximum Gasteiger partial charge on any atom is 0.193 e. The minimum absolute atomic E-state index is 0.0445. The van der Waals surface area contributed by atoms with Crippen LogP contribution in [0.4, 0.5) is 0 Å². The first-order chi connectivity index (χ1) is 14.2. The third-order valence-corrected chi connectivity index (χ3v) is 4.40. The summed E-state index contributed by atoms with van der Waals surface area (Å²) in [7, 11) is 0. The molecule has 0 unspecified atom stereocenters. The molecule has 4 nitrogen and oxygen atoms in total. The summed E-state index contributed by atoms with van der Waals surface area (Å²) in [6.07, 6.45) is 6.32. The number of hydrogen-bond donors (Lipinski definition) is 1. The van der Waals surface area contributed by atoms with Crippen LogP contribution in [0.2, 0.25) is 10.0 Å². The van der Waals surface area contributed by atoms with Crippen LogP contribution in [-0.2, 0) is 0 Å². The van der Waals surface area contributed by atoms with E-state index in [0.717, 1.165) is 11.1 Å². The predicted molar refractivity (Wildman–Crippen MR) is 123 cm³/mol. The molecule has 2 aromatic rings. The molecular weight excluding hydrogens is 423 g/mol. The molecule has 0 fully saturated rings. The topological polar surface area (TPSA) is 55.8 Å². The molecule has 0 radical (unpaired) electrons. The zero-order valence-electron chi connectivity index (χ0n) is 17.3. The summed E-state index contributed by atoms with van der Waals surface area (Å²) in [6.45, 7) is 7.91. The van der Waals surface area contributed by atoms with Gasteiger partial charge in [-0.2, -0.15) is 0 Å². The molecule has 0 amide bonds. The summed E-state index contributed by atoms with van der Waals surface area (Å²) in [4.78, 5) is 12.8. The second-order valence-electron chi connectivity index (χ2n) is 7.08. The lowest BCUT2D eigenvalue weighted by molar-refractivity contribution is 0.104. The summed E-state index contributed by atoms with van der Waals surface area (Å²) in [5.74, 6) is -0.0816. The number of ether oxygens (including phenoxy) is 2. The average molecular weight is 447 g/mol. The minimum atomic E-state index is -0.431. The van der Waals surface area contributed by atoms with Gasteiger partial charge in [-0.3, -0.25) is 4.79 Å². The molecule has 0 atom stereocenters. The van der Waals surface area contributed by atoms with Crippen LogP contribution >= 0.6 is 23.2 Å². The van der Waals surface area contributed by atoms with Crippen LogP contribution in [-0.4, -0.2) is 17.5 Å². The lowest BCUT2D eigenvalue weighted by Crippen LogP contribution is -2.04. The second kappa shape index (κ2) is 10.9. The van der Waals surface area contributed by atoms with Crippen LogP contribution in [0.25, 0.3) is 6.08 Å². The Morgan fingerprint density at radius 3 is 2.43 bits per heavy atom. The van der Waals surface area contributed by atoms with Gasteiger partial charge >= 0.3 is 0 Å². The highest BCUT2D eigenvalue weighted by Crippen LogP contribution is 2.35. The van der Waals surface area contributed by atoms with E-state index in [1.165, 1.54) is 12.1 Å². The molecule has 6 heteroatoms. The molecule has 0 aromatic heterocycles. The van der Waals surface area contributed by atoms with Crippen LogP contribution in [0.3, 0.4) is 0 Å². The first-order valence-electron chi connectivity index (χ1n) is 9.28. The van der Waals surface area contributed by atoms with Gasteiger partial charge in [-0.1, -0.05) is 34.8 Å². The number of carbonyl (C=O) groups excluding carboxylic acids is 1. The van der Waals surface area contributed by atoms with Crippen molar-refractivity contribution in [3.63, 3.8) is 0 Å². The Hall–Kier alpha value is -2.69. The van der Waals surface area contributed by atoms with E-state index in [9.17, 15) is 9.90 Å². The lowest BCUT2D eigenvalue weighted by Gasteiger charge is -2.13. The Kier molecular flexibility index (Phi) is 8.58. The van der Waals surface area contributed by atoms with E-state index in [2.05, 4.69) is 0 Å². The molecule has 0 spiro atoms. The Morgan fingerprint density at radius 1 is 1.07 bits per heavy atom. The van der Waals surface area contributed by atoms with Gasteiger partial charge in [0.1, 0.15) is 29.4 Å². The Balaban J connectivity index is 2.39. The van der Waals surface area contributed by atoms with E-state index in [-0.39, 0.29) is 23.7 Å². The number of rotatable bonds is 8. The molecule has 0 saturated heterocycles. The van der Waals surface area contributed by atoms with Crippen molar-refractivity contribution in [3.8, 4) is 17.2 Å². The third-order valence-electron chi connectivity index (χ3n) is 3.84. The molecule has 0 aliphatic heterocycles. The van der Waals surface area contributed by atoms with E-state index in [1.807, 2.05) is 33.8 Å². The quantitative estimate of drug-likeness (QED) is 0.201. The Bertz CT molecular complexity index is 1010. The van der Waals surface area contributed by atoms with Crippen LogP contribution in [0.15, 0.2) is 59.9 Å². The van der Waals surface area contributed by atoms with Gasteiger partial charge in [0.15, 0.2) is 5.78 Å². The fraction of sp³-hybridized carbons (Fsp3) is 0.208. The average Bonchev–Trinajstić information content (AvgIpc) is 2.65. The molecule has 0 saturated carbocycles. The number of aromatic hydroxyl groups is 1. The summed E-state index contributed by atoms with van der Waals surface area (Å²) in [6, 6.07) is 7.93. The summed E-state index contributed by atoms with van der Waals surface area (Å²) >= 11 is 12.1. The number of ketones is 1. The van der Waals surface area contributed by atoms with E-state index < -0.39 is 5.78 Å². The molecule has 2 aromatic carbocycles. The molecule has 0 bridgehead atoms. The number of allylic oxidation sites excluding steroid dienone is 3. The predicted octanol–water partition coefficient (Wildman–Crippen LogP) is 7.24. The largest absolute Gasteiger partial charge is 0.507 e. The molecule has 1 N–H and O–H groups in total. The van der Waals surface area contributed by atoms with E-state index in [4.69, 9.17) is 32.7 Å². The van der Waals surface area contributed by atoms with Crippen molar-refractivity contribution in [2.24, 2.45) is 0 Å². The zero-order chi connectivity index (χ0) is 22.3. The highest BCUT2D eigenvalue weighted by molar-refractivity contribution is 6.35. The first kappa shape index (κ1) is 23.6. The summed E-state index contributed by atoms with van der Waals surface area (Å²) < 4.78 is 11.3. The molecule has 0 aliphatic rings. The van der Waals surface area contributed by atoms with E-state index in [1.54, 1.807) is 36.6 Å². The van der Waals surface area contributed by atoms with E-state index in [0.29, 0.717) is 21.4 Å². The van der Waals surface area contributed by atoms with Crippen molar-refractivity contribution in [3.05, 3.63) is 81.1 Å². The maximum atomic E-state index is 12.8. The number of carbonyl (C=O) groups is 1. The van der Waals surface area contributed by atoms with Crippen molar-refractivity contribution in [1.29, 1.82) is 0 Å². The molecular formula is C24H24Cl2O4. The van der Waals surface area contributed by atoms with Crippen molar-refractivity contribution in [1.82, 2.24) is 0 Å². The van der Waals surface area contributed by atoms with Gasteiger partial charge < -0.3 is 14.6 Å². The summed E-state index contributed by atoms with van der Waals surface area (Å²) in [5, 5.41) is 11.4. The lowest BCUT2D eigenvalue weighted by atomic mass is 10.1.